The number of hydrogen-bond acceptors (Lipinski definition) is 4. The monoisotopic (exact) mass is 272 g/mol. The number of benzene rings is 1. The van der Waals surface area contributed by atoms with Crippen LogP contribution >= 0.6 is 12.2 Å². The Labute approximate surface area is 118 Å². The Morgan fingerprint density at radius 2 is 1.95 bits per heavy atom. The average molecular weight is 272 g/mol. The molecule has 0 aliphatic rings. The molecule has 5 heteroatoms. The summed E-state index contributed by atoms with van der Waals surface area (Å²) < 4.78 is 0. The molecule has 0 atom stereocenters. The van der Waals surface area contributed by atoms with Crippen LogP contribution in [0.1, 0.15) is 23.9 Å². The van der Waals surface area contributed by atoms with E-state index in [0.717, 1.165) is 17.8 Å². The third-order valence-electron chi connectivity index (χ3n) is 2.72. The third-order valence-corrected chi connectivity index (χ3v) is 2.93. The number of anilines is 2. The summed E-state index contributed by atoms with van der Waals surface area (Å²) in [5.74, 6) is 0.507. The van der Waals surface area contributed by atoms with Crippen molar-refractivity contribution in [3.8, 4) is 0 Å². The molecule has 2 aromatic rings. The van der Waals surface area contributed by atoms with Crippen molar-refractivity contribution in [2.75, 3.05) is 5.32 Å². The van der Waals surface area contributed by atoms with E-state index in [1.165, 1.54) is 5.56 Å². The Morgan fingerprint density at radius 1 is 1.26 bits per heavy atom. The van der Waals surface area contributed by atoms with Crippen LogP contribution in [0.3, 0.4) is 0 Å². The molecule has 0 aliphatic carbocycles. The molecule has 0 unspecified atom stereocenters. The number of hydrogen-bond donors (Lipinski definition) is 2. The van der Waals surface area contributed by atoms with Crippen molar-refractivity contribution in [3.05, 3.63) is 47.3 Å². The van der Waals surface area contributed by atoms with Gasteiger partial charge < -0.3 is 11.1 Å². The standard InChI is InChI=1S/C14H16N4S/c1-3-10-4-6-11(7-5-10)17-14-16-9(2)8-12(18-14)13(15)19/h4-8H,3H2,1-2H3,(H2,15,19)(H,16,17,18). The zero-order valence-corrected chi connectivity index (χ0v) is 11.8. The summed E-state index contributed by atoms with van der Waals surface area (Å²) in [7, 11) is 0. The summed E-state index contributed by atoms with van der Waals surface area (Å²) >= 11 is 4.94. The maximum Gasteiger partial charge on any atom is 0.228 e. The molecule has 1 heterocycles. The highest BCUT2D eigenvalue weighted by Gasteiger charge is 2.04. The maximum atomic E-state index is 5.60. The summed E-state index contributed by atoms with van der Waals surface area (Å²) in [6, 6.07) is 9.93. The summed E-state index contributed by atoms with van der Waals surface area (Å²) in [5.41, 5.74) is 9.23. The fourth-order valence-corrected chi connectivity index (χ4v) is 1.81. The lowest BCUT2D eigenvalue weighted by atomic mass is 10.1. The van der Waals surface area contributed by atoms with E-state index in [0.29, 0.717) is 11.6 Å². The molecule has 0 radical (unpaired) electrons. The van der Waals surface area contributed by atoms with Crippen LogP contribution < -0.4 is 11.1 Å². The highest BCUT2D eigenvalue weighted by Crippen LogP contribution is 2.15. The lowest BCUT2D eigenvalue weighted by Gasteiger charge is -2.08. The Morgan fingerprint density at radius 3 is 2.53 bits per heavy atom. The second kappa shape index (κ2) is 5.75. The minimum atomic E-state index is 0.273. The van der Waals surface area contributed by atoms with Crippen LogP contribution in [-0.4, -0.2) is 15.0 Å². The second-order valence-corrected chi connectivity index (χ2v) is 4.70. The van der Waals surface area contributed by atoms with Gasteiger partial charge >= 0.3 is 0 Å². The number of aryl methyl sites for hydroxylation is 2. The number of rotatable bonds is 4. The Balaban J connectivity index is 2.24. The van der Waals surface area contributed by atoms with Gasteiger partial charge in [-0.3, -0.25) is 0 Å². The van der Waals surface area contributed by atoms with Crippen LogP contribution in [0.15, 0.2) is 30.3 Å². The van der Waals surface area contributed by atoms with Crippen LogP contribution in [0.5, 0.6) is 0 Å². The van der Waals surface area contributed by atoms with Crippen molar-refractivity contribution in [2.24, 2.45) is 5.73 Å². The van der Waals surface area contributed by atoms with E-state index in [4.69, 9.17) is 18.0 Å². The molecule has 19 heavy (non-hydrogen) atoms. The summed E-state index contributed by atoms with van der Waals surface area (Å²) in [5, 5.41) is 3.15. The smallest absolute Gasteiger partial charge is 0.228 e. The van der Waals surface area contributed by atoms with Gasteiger partial charge in [0.25, 0.3) is 0 Å². The average Bonchev–Trinajstić information content (AvgIpc) is 2.39. The first-order chi connectivity index (χ1) is 9.08. The van der Waals surface area contributed by atoms with Crippen LogP contribution in [0.25, 0.3) is 0 Å². The van der Waals surface area contributed by atoms with Crippen LogP contribution in [0.2, 0.25) is 0 Å². The van der Waals surface area contributed by atoms with Gasteiger partial charge in [0.2, 0.25) is 5.95 Å². The van der Waals surface area contributed by atoms with Gasteiger partial charge in [-0.15, -0.1) is 0 Å². The second-order valence-electron chi connectivity index (χ2n) is 4.26. The SMILES string of the molecule is CCc1ccc(Nc2nc(C)cc(C(N)=S)n2)cc1. The van der Waals surface area contributed by atoms with Crippen LogP contribution in [0.4, 0.5) is 11.6 Å². The Hall–Kier alpha value is -2.01. The molecule has 0 bridgehead atoms. The molecule has 0 spiro atoms. The first-order valence-electron chi connectivity index (χ1n) is 6.10. The zero-order valence-electron chi connectivity index (χ0n) is 11.0. The molecule has 2 rings (SSSR count). The Kier molecular flexibility index (Phi) is 4.06. The van der Waals surface area contributed by atoms with Gasteiger partial charge in [0, 0.05) is 11.4 Å². The van der Waals surface area contributed by atoms with Crippen molar-refractivity contribution < 1.29 is 0 Å². The van der Waals surface area contributed by atoms with Crippen molar-refractivity contribution in [3.63, 3.8) is 0 Å². The normalized spacial score (nSPS) is 10.2. The molecule has 3 N–H and O–H groups in total. The van der Waals surface area contributed by atoms with Gasteiger partial charge in [0.15, 0.2) is 0 Å². The highest BCUT2D eigenvalue weighted by atomic mass is 32.1. The van der Waals surface area contributed by atoms with Crippen molar-refractivity contribution in [1.29, 1.82) is 0 Å². The van der Waals surface area contributed by atoms with Crippen molar-refractivity contribution in [2.45, 2.75) is 20.3 Å². The van der Waals surface area contributed by atoms with Crippen LogP contribution in [-0.2, 0) is 6.42 Å². The first kappa shape index (κ1) is 13.4. The molecule has 0 amide bonds. The summed E-state index contributed by atoms with van der Waals surface area (Å²) in [6.07, 6.45) is 1.02. The zero-order chi connectivity index (χ0) is 13.8. The van der Waals surface area contributed by atoms with Gasteiger partial charge in [-0.25, -0.2) is 9.97 Å². The number of nitrogens with one attached hydrogen (secondary N) is 1. The first-order valence-corrected chi connectivity index (χ1v) is 6.50. The van der Waals surface area contributed by atoms with E-state index in [-0.39, 0.29) is 4.99 Å². The molecule has 1 aromatic carbocycles. The molecule has 0 saturated carbocycles. The molecule has 0 fully saturated rings. The summed E-state index contributed by atoms with van der Waals surface area (Å²) in [4.78, 5) is 8.87. The predicted octanol–water partition coefficient (Wildman–Crippen LogP) is 2.73. The van der Waals surface area contributed by atoms with Gasteiger partial charge in [-0.1, -0.05) is 31.3 Å². The largest absolute Gasteiger partial charge is 0.388 e. The van der Waals surface area contributed by atoms with Gasteiger partial charge in [-0.05, 0) is 37.1 Å². The topological polar surface area (TPSA) is 63.8 Å². The Bertz CT molecular complexity index is 593. The fourth-order valence-electron chi connectivity index (χ4n) is 1.70. The lowest BCUT2D eigenvalue weighted by Crippen LogP contribution is -2.13. The van der Waals surface area contributed by atoms with Gasteiger partial charge in [0.05, 0.1) is 0 Å². The van der Waals surface area contributed by atoms with Crippen molar-refractivity contribution >= 4 is 28.8 Å². The van der Waals surface area contributed by atoms with E-state index in [2.05, 4.69) is 34.3 Å². The predicted molar refractivity (Wildman–Crippen MR) is 81.8 cm³/mol. The van der Waals surface area contributed by atoms with E-state index < -0.39 is 0 Å². The van der Waals surface area contributed by atoms with E-state index in [9.17, 15) is 0 Å². The van der Waals surface area contributed by atoms with Crippen molar-refractivity contribution in [1.82, 2.24) is 9.97 Å². The molecule has 98 valence electrons. The van der Waals surface area contributed by atoms with Crippen LogP contribution in [0, 0.1) is 6.92 Å². The quantitative estimate of drug-likeness (QED) is 0.838. The lowest BCUT2D eigenvalue weighted by molar-refractivity contribution is 1.09. The van der Waals surface area contributed by atoms with E-state index >= 15 is 0 Å². The van der Waals surface area contributed by atoms with Gasteiger partial charge in [0.1, 0.15) is 10.7 Å². The summed E-state index contributed by atoms with van der Waals surface area (Å²) in [6.45, 7) is 4.01. The molecule has 0 aliphatic heterocycles. The molecule has 1 aromatic heterocycles. The number of thiocarbonyl (C=S) groups is 1. The minimum Gasteiger partial charge on any atom is -0.388 e. The van der Waals surface area contributed by atoms with Gasteiger partial charge in [-0.2, -0.15) is 0 Å². The maximum absolute atomic E-state index is 5.60. The molecule has 4 nitrogen and oxygen atoms in total. The molecular formula is C14H16N4S. The number of nitrogens with zero attached hydrogens (tertiary/aromatic N) is 2. The third kappa shape index (κ3) is 3.48. The van der Waals surface area contributed by atoms with E-state index in [1.807, 2.05) is 19.1 Å². The minimum absolute atomic E-state index is 0.273. The molecule has 0 saturated heterocycles. The van der Waals surface area contributed by atoms with E-state index in [1.54, 1.807) is 6.07 Å². The highest BCUT2D eigenvalue weighted by molar-refractivity contribution is 7.80. The molecular weight excluding hydrogens is 256 g/mol. The number of nitrogens with two attached hydrogens (primary N) is 1. The fraction of sp³-hybridized carbons (Fsp3) is 0.214. The number of aromatic nitrogens is 2.